The molecule has 0 bridgehead atoms. The summed E-state index contributed by atoms with van der Waals surface area (Å²) in [5.41, 5.74) is 0.342. The van der Waals surface area contributed by atoms with Crippen molar-refractivity contribution in [1.82, 2.24) is 14.7 Å². The lowest BCUT2D eigenvalue weighted by Gasteiger charge is -2.44. The normalized spacial score (nSPS) is 23.5. The van der Waals surface area contributed by atoms with Gasteiger partial charge in [0.05, 0.1) is 6.67 Å². The fourth-order valence-electron chi connectivity index (χ4n) is 5.56. The van der Waals surface area contributed by atoms with Crippen LogP contribution in [0.2, 0.25) is 0 Å². The molecule has 31 heavy (non-hydrogen) atoms. The zero-order valence-corrected chi connectivity index (χ0v) is 18.2. The number of carbonyl (C=O) groups is 3. The van der Waals surface area contributed by atoms with E-state index >= 15 is 0 Å². The van der Waals surface area contributed by atoms with Crippen LogP contribution in [-0.2, 0) is 14.4 Å². The number of hydrogen-bond acceptors (Lipinski definition) is 4. The predicted molar refractivity (Wildman–Crippen MR) is 117 cm³/mol. The molecule has 1 saturated carbocycles. The van der Waals surface area contributed by atoms with Crippen LogP contribution in [0.15, 0.2) is 30.3 Å². The van der Waals surface area contributed by atoms with Gasteiger partial charge in [-0.05, 0) is 50.7 Å². The Bertz CT molecular complexity index is 840. The quantitative estimate of drug-likeness (QED) is 0.742. The Balaban J connectivity index is 1.35. The summed E-state index contributed by atoms with van der Waals surface area (Å²) in [4.78, 5) is 47.0. The number of hydrogen-bond donors (Lipinski definition) is 0. The van der Waals surface area contributed by atoms with Crippen molar-refractivity contribution in [2.24, 2.45) is 5.92 Å². The van der Waals surface area contributed by atoms with Gasteiger partial charge in [0, 0.05) is 37.8 Å². The minimum absolute atomic E-state index is 0.0413. The molecule has 0 aromatic heterocycles. The molecule has 3 heterocycles. The van der Waals surface area contributed by atoms with Gasteiger partial charge in [-0.15, -0.1) is 0 Å². The van der Waals surface area contributed by atoms with E-state index in [4.69, 9.17) is 0 Å². The lowest BCUT2D eigenvalue weighted by molar-refractivity contribution is -0.144. The average molecular weight is 425 g/mol. The Hall–Kier alpha value is -2.57. The van der Waals surface area contributed by atoms with E-state index < -0.39 is 5.54 Å². The number of carbonyl (C=O) groups excluding carboxylic acids is 3. The summed E-state index contributed by atoms with van der Waals surface area (Å²) in [5.74, 6) is 0.542. The monoisotopic (exact) mass is 424 g/mol. The minimum atomic E-state index is -0.664. The van der Waals surface area contributed by atoms with Gasteiger partial charge in [0.15, 0.2) is 0 Å². The summed E-state index contributed by atoms with van der Waals surface area (Å²) < 4.78 is 0. The third-order valence-corrected chi connectivity index (χ3v) is 7.72. The lowest BCUT2D eigenvalue weighted by Crippen LogP contribution is -2.58. The van der Waals surface area contributed by atoms with E-state index in [1.54, 1.807) is 4.90 Å². The first-order chi connectivity index (χ1) is 15.1. The molecule has 3 aliphatic heterocycles. The molecule has 3 amide bonds. The van der Waals surface area contributed by atoms with E-state index in [-0.39, 0.29) is 30.2 Å². The summed E-state index contributed by atoms with van der Waals surface area (Å²) in [6.45, 7) is 3.39. The molecule has 5 rings (SSSR count). The van der Waals surface area contributed by atoms with Gasteiger partial charge in [-0.1, -0.05) is 24.6 Å². The summed E-state index contributed by atoms with van der Waals surface area (Å²) in [7, 11) is 0. The summed E-state index contributed by atoms with van der Waals surface area (Å²) in [6, 6.07) is 10.0. The predicted octanol–water partition coefficient (Wildman–Crippen LogP) is 2.08. The Morgan fingerprint density at radius 2 is 1.58 bits per heavy atom. The van der Waals surface area contributed by atoms with Crippen molar-refractivity contribution in [2.45, 2.75) is 50.5 Å². The fraction of sp³-hybridized carbons (Fsp3) is 0.625. The minimum Gasteiger partial charge on any atom is -0.342 e. The van der Waals surface area contributed by atoms with Crippen molar-refractivity contribution in [2.75, 3.05) is 44.3 Å². The molecule has 7 nitrogen and oxygen atoms in total. The van der Waals surface area contributed by atoms with E-state index in [2.05, 4.69) is 4.90 Å². The maximum absolute atomic E-state index is 13.7. The van der Waals surface area contributed by atoms with Crippen LogP contribution in [0.3, 0.4) is 0 Å². The van der Waals surface area contributed by atoms with Gasteiger partial charge in [0.1, 0.15) is 12.1 Å². The van der Waals surface area contributed by atoms with Gasteiger partial charge in [0.2, 0.25) is 11.8 Å². The van der Waals surface area contributed by atoms with Crippen molar-refractivity contribution >= 4 is 23.4 Å². The molecule has 1 aromatic rings. The summed E-state index contributed by atoms with van der Waals surface area (Å²) >= 11 is 0. The highest BCUT2D eigenvalue weighted by Crippen LogP contribution is 2.40. The molecule has 7 heteroatoms. The van der Waals surface area contributed by atoms with Crippen LogP contribution in [0.5, 0.6) is 0 Å². The lowest BCUT2D eigenvalue weighted by atomic mass is 9.81. The molecule has 1 aromatic carbocycles. The Morgan fingerprint density at radius 3 is 2.19 bits per heavy atom. The maximum Gasteiger partial charge on any atom is 0.250 e. The highest BCUT2D eigenvalue weighted by atomic mass is 16.2. The van der Waals surface area contributed by atoms with Crippen molar-refractivity contribution in [1.29, 1.82) is 0 Å². The number of piperidine rings is 1. The SMILES string of the molecule is O=C(CN1CN(c2ccccc2)C2(CCN(C(=O)C3CCC3)CC2)C1=O)N1CCCC1. The molecular weight excluding hydrogens is 392 g/mol. The Labute approximate surface area is 184 Å². The van der Waals surface area contributed by atoms with Crippen LogP contribution < -0.4 is 4.90 Å². The number of likely N-dealkylation sites (tertiary alicyclic amines) is 2. The highest BCUT2D eigenvalue weighted by molar-refractivity contribution is 5.96. The fourth-order valence-corrected chi connectivity index (χ4v) is 5.56. The molecule has 3 saturated heterocycles. The third kappa shape index (κ3) is 3.58. The first-order valence-electron chi connectivity index (χ1n) is 11.8. The van der Waals surface area contributed by atoms with Gasteiger partial charge in [-0.25, -0.2) is 0 Å². The topological polar surface area (TPSA) is 64.2 Å². The number of para-hydroxylation sites is 1. The number of amides is 3. The van der Waals surface area contributed by atoms with Gasteiger partial charge >= 0.3 is 0 Å². The van der Waals surface area contributed by atoms with Crippen LogP contribution >= 0.6 is 0 Å². The number of nitrogens with zero attached hydrogens (tertiary/aromatic N) is 4. The number of anilines is 1. The van der Waals surface area contributed by atoms with E-state index in [1.165, 1.54) is 0 Å². The second-order valence-corrected chi connectivity index (χ2v) is 9.48. The van der Waals surface area contributed by atoms with Gasteiger partial charge in [-0.2, -0.15) is 0 Å². The summed E-state index contributed by atoms with van der Waals surface area (Å²) in [6.07, 6.45) is 6.48. The molecule has 4 fully saturated rings. The van der Waals surface area contributed by atoms with Crippen molar-refractivity contribution in [3.8, 4) is 0 Å². The second-order valence-electron chi connectivity index (χ2n) is 9.48. The van der Waals surface area contributed by atoms with E-state index in [0.717, 1.165) is 50.9 Å². The maximum atomic E-state index is 13.7. The molecular formula is C24H32N4O3. The average Bonchev–Trinajstić information content (AvgIpc) is 3.38. The highest BCUT2D eigenvalue weighted by Gasteiger charge is 2.54. The molecule has 166 valence electrons. The molecule has 1 spiro atoms. The van der Waals surface area contributed by atoms with E-state index in [1.807, 2.05) is 40.1 Å². The zero-order valence-electron chi connectivity index (χ0n) is 18.2. The second kappa shape index (κ2) is 8.17. The summed E-state index contributed by atoms with van der Waals surface area (Å²) in [5, 5.41) is 0. The number of benzene rings is 1. The van der Waals surface area contributed by atoms with E-state index in [0.29, 0.717) is 32.6 Å². The first kappa shape index (κ1) is 20.3. The van der Waals surface area contributed by atoms with Crippen LogP contribution in [0.4, 0.5) is 5.69 Å². The largest absolute Gasteiger partial charge is 0.342 e. The van der Waals surface area contributed by atoms with Crippen LogP contribution in [0.1, 0.15) is 44.9 Å². The van der Waals surface area contributed by atoms with Gasteiger partial charge in [0.25, 0.3) is 5.91 Å². The van der Waals surface area contributed by atoms with Gasteiger partial charge in [-0.3, -0.25) is 14.4 Å². The number of rotatable bonds is 4. The van der Waals surface area contributed by atoms with Crippen molar-refractivity contribution in [3.05, 3.63) is 30.3 Å². The van der Waals surface area contributed by atoms with Crippen LogP contribution in [-0.4, -0.2) is 77.4 Å². The standard InChI is InChI=1S/C24H32N4O3/c29-21(25-13-4-5-14-25)17-27-18-28(20-9-2-1-3-10-20)24(23(27)31)11-15-26(16-12-24)22(30)19-7-6-8-19/h1-3,9-10,19H,4-8,11-18H2. The first-order valence-corrected chi connectivity index (χ1v) is 11.8. The van der Waals surface area contributed by atoms with E-state index in [9.17, 15) is 14.4 Å². The van der Waals surface area contributed by atoms with Crippen LogP contribution in [0.25, 0.3) is 0 Å². The smallest absolute Gasteiger partial charge is 0.250 e. The van der Waals surface area contributed by atoms with Crippen LogP contribution in [0, 0.1) is 5.92 Å². The Morgan fingerprint density at radius 1 is 0.903 bits per heavy atom. The molecule has 1 aliphatic carbocycles. The van der Waals surface area contributed by atoms with Crippen molar-refractivity contribution < 1.29 is 14.4 Å². The Kier molecular flexibility index (Phi) is 5.36. The molecule has 4 aliphatic rings. The molecule has 0 atom stereocenters. The van der Waals surface area contributed by atoms with Gasteiger partial charge < -0.3 is 19.6 Å². The zero-order chi connectivity index (χ0) is 21.4. The molecule has 0 N–H and O–H groups in total. The molecule has 0 unspecified atom stereocenters. The molecule has 0 radical (unpaired) electrons. The third-order valence-electron chi connectivity index (χ3n) is 7.72. The van der Waals surface area contributed by atoms with Crippen molar-refractivity contribution in [3.63, 3.8) is 0 Å².